The lowest BCUT2D eigenvalue weighted by Crippen LogP contribution is -1.94. The molecule has 1 aliphatic carbocycles. The van der Waals surface area contributed by atoms with Crippen molar-refractivity contribution < 1.29 is 4.74 Å². The standard InChI is InChI=1S/C15H28O/c1-2-4-6-8-10-12-14-15(16-14)13-11-9-7-5-3-1/h14-15H,1-13H2/t14-,15+. The first-order valence-electron chi connectivity index (χ1n) is 7.62. The Kier molecular flexibility index (Phi) is 5.68. The topological polar surface area (TPSA) is 12.5 Å². The van der Waals surface area contributed by atoms with E-state index in [4.69, 9.17) is 4.74 Å². The molecule has 0 aromatic carbocycles. The Balaban J connectivity index is 1.60. The van der Waals surface area contributed by atoms with Crippen LogP contribution < -0.4 is 0 Å². The molecule has 1 saturated carbocycles. The van der Waals surface area contributed by atoms with Crippen molar-refractivity contribution in [3.63, 3.8) is 0 Å². The Morgan fingerprint density at radius 1 is 0.438 bits per heavy atom. The summed E-state index contributed by atoms with van der Waals surface area (Å²) in [5.74, 6) is 0. The molecule has 1 saturated heterocycles. The van der Waals surface area contributed by atoms with Gasteiger partial charge in [0.05, 0.1) is 12.2 Å². The lowest BCUT2D eigenvalue weighted by Gasteiger charge is -2.01. The second-order valence-electron chi connectivity index (χ2n) is 5.68. The number of ether oxygens (including phenoxy) is 1. The Bertz CT molecular complexity index is 160. The molecule has 1 aliphatic heterocycles. The van der Waals surface area contributed by atoms with Gasteiger partial charge in [0.25, 0.3) is 0 Å². The largest absolute Gasteiger partial charge is 0.370 e. The van der Waals surface area contributed by atoms with Gasteiger partial charge in [0.1, 0.15) is 0 Å². The smallest absolute Gasteiger partial charge is 0.0841 e. The molecule has 16 heavy (non-hydrogen) atoms. The lowest BCUT2D eigenvalue weighted by atomic mass is 10.1. The molecule has 1 heteroatoms. The molecule has 0 unspecified atom stereocenters. The summed E-state index contributed by atoms with van der Waals surface area (Å²) in [7, 11) is 0. The summed E-state index contributed by atoms with van der Waals surface area (Å²) in [6.45, 7) is 0. The average molecular weight is 224 g/mol. The van der Waals surface area contributed by atoms with Gasteiger partial charge in [-0.3, -0.25) is 0 Å². The molecule has 1 heterocycles. The van der Waals surface area contributed by atoms with E-state index in [9.17, 15) is 0 Å². The van der Waals surface area contributed by atoms with Crippen LogP contribution in [0.15, 0.2) is 0 Å². The fourth-order valence-electron chi connectivity index (χ4n) is 2.97. The van der Waals surface area contributed by atoms with Crippen LogP contribution in [0.2, 0.25) is 0 Å². The van der Waals surface area contributed by atoms with Crippen LogP contribution >= 0.6 is 0 Å². The van der Waals surface area contributed by atoms with Crippen molar-refractivity contribution in [2.75, 3.05) is 0 Å². The third kappa shape index (κ3) is 4.86. The highest BCUT2D eigenvalue weighted by Crippen LogP contribution is 2.32. The van der Waals surface area contributed by atoms with Gasteiger partial charge in [0.2, 0.25) is 0 Å². The first-order valence-corrected chi connectivity index (χ1v) is 7.62. The number of fused-ring (bicyclic) bond motifs is 1. The Morgan fingerprint density at radius 2 is 0.750 bits per heavy atom. The molecule has 2 aliphatic rings. The summed E-state index contributed by atoms with van der Waals surface area (Å²) in [6.07, 6.45) is 19.9. The minimum absolute atomic E-state index is 0.658. The van der Waals surface area contributed by atoms with E-state index in [1.54, 1.807) is 0 Å². The second-order valence-corrected chi connectivity index (χ2v) is 5.68. The van der Waals surface area contributed by atoms with Gasteiger partial charge in [-0.15, -0.1) is 0 Å². The molecule has 0 spiro atoms. The van der Waals surface area contributed by atoms with Crippen molar-refractivity contribution >= 4 is 0 Å². The van der Waals surface area contributed by atoms with Crippen LogP contribution in [-0.2, 0) is 4.74 Å². The minimum atomic E-state index is 0.658. The van der Waals surface area contributed by atoms with E-state index < -0.39 is 0 Å². The maximum Gasteiger partial charge on any atom is 0.0841 e. The van der Waals surface area contributed by atoms with Crippen LogP contribution in [0.4, 0.5) is 0 Å². The van der Waals surface area contributed by atoms with Gasteiger partial charge in [0.15, 0.2) is 0 Å². The fraction of sp³-hybridized carbons (Fsp3) is 1.00. The Morgan fingerprint density at radius 3 is 1.12 bits per heavy atom. The van der Waals surface area contributed by atoms with Crippen molar-refractivity contribution in [2.45, 2.75) is 95.7 Å². The van der Waals surface area contributed by atoms with Crippen LogP contribution in [0.3, 0.4) is 0 Å². The number of rotatable bonds is 0. The second kappa shape index (κ2) is 7.32. The fourth-order valence-corrected chi connectivity index (χ4v) is 2.97. The van der Waals surface area contributed by atoms with Gasteiger partial charge in [-0.2, -0.15) is 0 Å². The van der Waals surface area contributed by atoms with Gasteiger partial charge >= 0.3 is 0 Å². The number of hydrogen-bond acceptors (Lipinski definition) is 1. The van der Waals surface area contributed by atoms with E-state index in [1.165, 1.54) is 83.5 Å². The molecule has 0 aromatic rings. The zero-order valence-corrected chi connectivity index (χ0v) is 10.8. The Hall–Kier alpha value is -0.0400. The molecule has 2 rings (SSSR count). The van der Waals surface area contributed by atoms with E-state index >= 15 is 0 Å². The highest BCUT2D eigenvalue weighted by atomic mass is 16.6. The zero-order valence-electron chi connectivity index (χ0n) is 10.8. The van der Waals surface area contributed by atoms with Crippen LogP contribution in [0.1, 0.15) is 83.5 Å². The third-order valence-electron chi connectivity index (χ3n) is 4.16. The summed E-state index contributed by atoms with van der Waals surface area (Å²) >= 11 is 0. The molecule has 0 N–H and O–H groups in total. The summed E-state index contributed by atoms with van der Waals surface area (Å²) in [4.78, 5) is 0. The van der Waals surface area contributed by atoms with Gasteiger partial charge in [-0.1, -0.05) is 70.6 Å². The van der Waals surface area contributed by atoms with Crippen molar-refractivity contribution in [1.82, 2.24) is 0 Å². The van der Waals surface area contributed by atoms with Gasteiger partial charge in [0, 0.05) is 0 Å². The normalized spacial score (nSPS) is 34.5. The van der Waals surface area contributed by atoms with E-state index in [2.05, 4.69) is 0 Å². The van der Waals surface area contributed by atoms with E-state index in [0.29, 0.717) is 12.2 Å². The quantitative estimate of drug-likeness (QED) is 0.536. The average Bonchev–Trinajstić information content (AvgIpc) is 3.02. The molecule has 94 valence electrons. The highest BCUT2D eigenvalue weighted by Gasteiger charge is 2.36. The minimum Gasteiger partial charge on any atom is -0.370 e. The van der Waals surface area contributed by atoms with Crippen molar-refractivity contribution in [1.29, 1.82) is 0 Å². The number of epoxide rings is 1. The summed E-state index contributed by atoms with van der Waals surface area (Å²) < 4.78 is 5.72. The lowest BCUT2D eigenvalue weighted by molar-refractivity contribution is 0.347. The molecule has 0 bridgehead atoms. The highest BCUT2D eigenvalue weighted by molar-refractivity contribution is 4.84. The zero-order chi connectivity index (χ0) is 11.1. The molecule has 0 amide bonds. The first kappa shape index (κ1) is 12.4. The summed E-state index contributed by atoms with van der Waals surface area (Å²) in [6, 6.07) is 0. The van der Waals surface area contributed by atoms with Crippen molar-refractivity contribution in [3.05, 3.63) is 0 Å². The van der Waals surface area contributed by atoms with E-state index in [1.807, 2.05) is 0 Å². The van der Waals surface area contributed by atoms with Crippen LogP contribution in [-0.4, -0.2) is 12.2 Å². The molecule has 1 nitrogen and oxygen atoms in total. The van der Waals surface area contributed by atoms with Gasteiger partial charge in [-0.05, 0) is 12.8 Å². The van der Waals surface area contributed by atoms with E-state index in [-0.39, 0.29) is 0 Å². The first-order chi connectivity index (χ1) is 7.97. The van der Waals surface area contributed by atoms with Gasteiger partial charge < -0.3 is 4.74 Å². The predicted octanol–water partition coefficient (Wildman–Crippen LogP) is 4.84. The molecular formula is C15H28O. The molecular weight excluding hydrogens is 196 g/mol. The summed E-state index contributed by atoms with van der Waals surface area (Å²) in [5.41, 5.74) is 0. The SMILES string of the molecule is C1CCCCCC[C@@H]2O[C@@H]2CCCCCC1. The van der Waals surface area contributed by atoms with Crippen molar-refractivity contribution in [3.8, 4) is 0 Å². The monoisotopic (exact) mass is 224 g/mol. The molecule has 0 aromatic heterocycles. The third-order valence-corrected chi connectivity index (χ3v) is 4.16. The molecule has 0 radical (unpaired) electrons. The van der Waals surface area contributed by atoms with Crippen LogP contribution in [0.5, 0.6) is 0 Å². The van der Waals surface area contributed by atoms with Crippen LogP contribution in [0.25, 0.3) is 0 Å². The Labute approximate surface area is 101 Å². The maximum absolute atomic E-state index is 5.72. The van der Waals surface area contributed by atoms with Crippen LogP contribution in [0, 0.1) is 0 Å². The maximum atomic E-state index is 5.72. The van der Waals surface area contributed by atoms with E-state index in [0.717, 1.165) is 0 Å². The number of hydrogen-bond donors (Lipinski definition) is 0. The molecule has 2 atom stereocenters. The predicted molar refractivity (Wildman–Crippen MR) is 68.7 cm³/mol. The van der Waals surface area contributed by atoms with Crippen molar-refractivity contribution in [2.24, 2.45) is 0 Å². The van der Waals surface area contributed by atoms with Gasteiger partial charge in [-0.25, -0.2) is 0 Å². The molecule has 2 fully saturated rings. The summed E-state index contributed by atoms with van der Waals surface area (Å²) in [5, 5.41) is 0.